The third-order valence-electron chi connectivity index (χ3n) is 6.65. The first-order valence-electron chi connectivity index (χ1n) is 11.3. The van der Waals surface area contributed by atoms with Crippen LogP contribution in [0.25, 0.3) is 16.7 Å². The summed E-state index contributed by atoms with van der Waals surface area (Å²) < 4.78 is 7.62. The number of hydrogen-bond donors (Lipinski definition) is 0. The molecule has 0 fully saturated rings. The maximum absolute atomic E-state index is 4.84. The summed E-state index contributed by atoms with van der Waals surface area (Å²) in [6.45, 7) is 7.00. The zero-order valence-electron chi connectivity index (χ0n) is 18.8. The van der Waals surface area contributed by atoms with Crippen molar-refractivity contribution in [1.82, 2.24) is 0 Å². The van der Waals surface area contributed by atoms with Gasteiger partial charge in [-0.05, 0) is 0 Å². The summed E-state index contributed by atoms with van der Waals surface area (Å²) in [7, 11) is 0. The fraction of sp³-hybridized carbons (Fsp3) is 0.233. The van der Waals surface area contributed by atoms with Crippen LogP contribution in [-0.2, 0) is 31.8 Å². The number of hydrogen-bond acceptors (Lipinski definition) is 0. The van der Waals surface area contributed by atoms with Gasteiger partial charge in [-0.25, -0.2) is 0 Å². The van der Waals surface area contributed by atoms with Gasteiger partial charge in [0.05, 0.1) is 0 Å². The third-order valence-corrected chi connectivity index (χ3v) is 11.7. The van der Waals surface area contributed by atoms with E-state index in [0.29, 0.717) is 0 Å². The summed E-state index contributed by atoms with van der Waals surface area (Å²) in [5, 5.41) is 0. The maximum atomic E-state index is 4.84. The van der Waals surface area contributed by atoms with Crippen LogP contribution in [0.4, 0.5) is 0 Å². The average molecular weight is 482 g/mol. The van der Waals surface area contributed by atoms with E-state index in [0.717, 1.165) is 12.8 Å². The van der Waals surface area contributed by atoms with E-state index in [1.807, 2.05) is 0 Å². The Morgan fingerprint density at radius 1 is 0.903 bits per heavy atom. The van der Waals surface area contributed by atoms with Crippen LogP contribution in [0, 0.1) is 5.41 Å². The van der Waals surface area contributed by atoms with Crippen LogP contribution in [0.5, 0.6) is 0 Å². The Labute approximate surface area is 194 Å². The van der Waals surface area contributed by atoms with Gasteiger partial charge in [0.15, 0.2) is 0 Å². The van der Waals surface area contributed by atoms with Crippen molar-refractivity contribution in [3.05, 3.63) is 107 Å². The molecule has 0 aliphatic heterocycles. The first kappa shape index (κ1) is 20.8. The standard InChI is InChI=1S/C22H21.C7H7.CH2.Zr/c1-22(2,3)21-10-6-9-19(21)17-12-11-16-13-15-7-4-5-8-18(15)20(16)14-17;1-7-5-3-2-4-6-7;;/h4-8,10,12,14H,9,13H2,1-3H3;2-6H,1H2;1H2;. The van der Waals surface area contributed by atoms with Crippen LogP contribution in [0.1, 0.15) is 49.4 Å². The van der Waals surface area contributed by atoms with Gasteiger partial charge in [0.1, 0.15) is 0 Å². The Hall–Kier alpha value is -2.11. The zero-order chi connectivity index (χ0) is 21.6. The van der Waals surface area contributed by atoms with Gasteiger partial charge in [-0.1, -0.05) is 0 Å². The summed E-state index contributed by atoms with van der Waals surface area (Å²) in [6, 6.07) is 25.0. The monoisotopic (exact) mass is 480 g/mol. The van der Waals surface area contributed by atoms with Gasteiger partial charge in [-0.15, -0.1) is 0 Å². The van der Waals surface area contributed by atoms with E-state index in [-0.39, 0.29) is 5.41 Å². The second kappa shape index (κ2) is 8.10. The SMILES string of the molecule is [CH2]=[Zr]([CH2]c1ccccc1)[c]1cc(C2=C(C(C)(C)C)C=CC2)cc2c1Cc1ccccc1-2. The van der Waals surface area contributed by atoms with Crippen LogP contribution >= 0.6 is 0 Å². The molecule has 0 amide bonds. The molecule has 3 aromatic rings. The van der Waals surface area contributed by atoms with Gasteiger partial charge < -0.3 is 0 Å². The van der Waals surface area contributed by atoms with E-state index in [9.17, 15) is 0 Å². The number of rotatable bonds is 4. The topological polar surface area (TPSA) is 0 Å². The Morgan fingerprint density at radius 2 is 1.65 bits per heavy atom. The predicted octanol–water partition coefficient (Wildman–Crippen LogP) is 6.89. The molecule has 0 heterocycles. The molecule has 0 bridgehead atoms. The van der Waals surface area contributed by atoms with Gasteiger partial charge in [-0.2, -0.15) is 0 Å². The summed E-state index contributed by atoms with van der Waals surface area (Å²) in [6.07, 6.45) is 6.80. The van der Waals surface area contributed by atoms with E-state index in [1.165, 1.54) is 43.1 Å². The van der Waals surface area contributed by atoms with Crippen LogP contribution < -0.4 is 3.27 Å². The van der Waals surface area contributed by atoms with E-state index in [4.69, 9.17) is 4.21 Å². The Morgan fingerprint density at radius 3 is 2.42 bits per heavy atom. The Kier molecular flexibility index (Phi) is 5.43. The van der Waals surface area contributed by atoms with Crippen molar-refractivity contribution in [2.45, 2.75) is 37.7 Å². The van der Waals surface area contributed by atoms with Gasteiger partial charge in [0.25, 0.3) is 0 Å². The molecular formula is C30H30Zr. The molecule has 0 aromatic heterocycles. The van der Waals surface area contributed by atoms with Crippen molar-refractivity contribution in [1.29, 1.82) is 0 Å². The van der Waals surface area contributed by atoms with E-state index in [2.05, 4.69) is 99.7 Å². The third kappa shape index (κ3) is 3.94. The fourth-order valence-corrected chi connectivity index (χ4v) is 9.88. The van der Waals surface area contributed by atoms with E-state index in [1.54, 1.807) is 8.83 Å². The average Bonchev–Trinajstić information content (AvgIpc) is 3.39. The van der Waals surface area contributed by atoms with Crippen molar-refractivity contribution in [3.63, 3.8) is 0 Å². The Bertz CT molecular complexity index is 1230. The minimum atomic E-state index is -2.07. The van der Waals surface area contributed by atoms with Crippen molar-refractivity contribution in [3.8, 4) is 11.1 Å². The molecule has 154 valence electrons. The first-order chi connectivity index (χ1) is 14.9. The molecule has 0 saturated heterocycles. The zero-order valence-corrected chi connectivity index (χ0v) is 21.3. The molecule has 3 aromatic carbocycles. The second-order valence-corrected chi connectivity index (χ2v) is 15.1. The molecule has 1 heteroatoms. The van der Waals surface area contributed by atoms with E-state index >= 15 is 0 Å². The quantitative estimate of drug-likeness (QED) is 0.298. The van der Waals surface area contributed by atoms with Gasteiger partial charge in [0, 0.05) is 0 Å². The van der Waals surface area contributed by atoms with Crippen LogP contribution in [0.3, 0.4) is 0 Å². The summed E-state index contributed by atoms with van der Waals surface area (Å²) in [5.74, 6) is 0. The van der Waals surface area contributed by atoms with Crippen molar-refractivity contribution < 1.29 is 21.3 Å². The summed E-state index contributed by atoms with van der Waals surface area (Å²) >= 11 is -2.07. The van der Waals surface area contributed by atoms with Gasteiger partial charge in [-0.3, -0.25) is 0 Å². The molecule has 0 spiro atoms. The van der Waals surface area contributed by atoms with Crippen LogP contribution in [0.2, 0.25) is 0 Å². The Balaban J connectivity index is 1.67. The minimum absolute atomic E-state index is 0.162. The summed E-state index contributed by atoms with van der Waals surface area (Å²) in [5.41, 5.74) is 12.0. The molecule has 0 radical (unpaired) electrons. The molecular weight excluding hydrogens is 452 g/mol. The van der Waals surface area contributed by atoms with Gasteiger partial charge >= 0.3 is 195 Å². The number of benzene rings is 3. The molecule has 0 N–H and O–H groups in total. The molecule has 2 aliphatic rings. The van der Waals surface area contributed by atoms with Crippen LogP contribution in [-0.4, -0.2) is 4.21 Å². The fourth-order valence-electron chi connectivity index (χ4n) is 5.14. The van der Waals surface area contributed by atoms with Gasteiger partial charge in [0.2, 0.25) is 0 Å². The molecule has 0 nitrogen and oxygen atoms in total. The second-order valence-electron chi connectivity index (χ2n) is 9.90. The van der Waals surface area contributed by atoms with Crippen molar-refractivity contribution in [2.24, 2.45) is 5.41 Å². The van der Waals surface area contributed by atoms with Crippen molar-refractivity contribution in [2.75, 3.05) is 0 Å². The molecule has 0 unspecified atom stereocenters. The molecule has 0 saturated carbocycles. The molecule has 2 aliphatic carbocycles. The molecule has 31 heavy (non-hydrogen) atoms. The normalized spacial score (nSPS) is 14.7. The molecule has 0 atom stereocenters. The van der Waals surface area contributed by atoms with Crippen molar-refractivity contribution >= 4 is 13.1 Å². The first-order valence-corrected chi connectivity index (χ1v) is 16.0. The summed E-state index contributed by atoms with van der Waals surface area (Å²) in [4.78, 5) is 0. The van der Waals surface area contributed by atoms with Crippen LogP contribution in [0.15, 0.2) is 84.5 Å². The molecule has 5 rings (SSSR count). The van der Waals surface area contributed by atoms with E-state index < -0.39 is 21.3 Å². The number of fused-ring (bicyclic) bond motifs is 3. The predicted molar refractivity (Wildman–Crippen MR) is 132 cm³/mol. The number of allylic oxidation sites excluding steroid dienone is 4.